The van der Waals surface area contributed by atoms with Crippen LogP contribution >= 0.6 is 0 Å². The monoisotopic (exact) mass is 352 g/mol. The van der Waals surface area contributed by atoms with E-state index in [0.717, 1.165) is 12.3 Å². The molecule has 0 aliphatic rings. The first-order chi connectivity index (χ1) is 11.3. The number of ether oxygens (including phenoxy) is 2. The van der Waals surface area contributed by atoms with Gasteiger partial charge in [-0.1, -0.05) is 0 Å². The zero-order valence-corrected chi connectivity index (χ0v) is 14.1. The molecule has 2 rings (SSSR count). The van der Waals surface area contributed by atoms with Crippen LogP contribution in [0.15, 0.2) is 41.3 Å². The summed E-state index contributed by atoms with van der Waals surface area (Å²) in [5.41, 5.74) is 0.357. The number of nitrogens with zero attached hydrogens (tertiary/aromatic N) is 1. The van der Waals surface area contributed by atoms with Gasteiger partial charge in [0.15, 0.2) is 21.3 Å². The van der Waals surface area contributed by atoms with Crippen LogP contribution in [0.5, 0.6) is 11.5 Å². The second-order valence-corrected chi connectivity index (χ2v) is 6.92. The van der Waals surface area contributed by atoms with E-state index in [2.05, 4.69) is 5.32 Å². The zero-order valence-electron chi connectivity index (χ0n) is 13.3. The average molecular weight is 352 g/mol. The molecule has 2 aromatic carbocycles. The van der Waals surface area contributed by atoms with E-state index in [0.29, 0.717) is 17.2 Å². The third-order valence-electron chi connectivity index (χ3n) is 3.26. The summed E-state index contributed by atoms with van der Waals surface area (Å²) >= 11 is 0. The van der Waals surface area contributed by atoms with Gasteiger partial charge in [0.05, 0.1) is 24.0 Å². The number of anilines is 2. The second-order valence-electron chi connectivity index (χ2n) is 4.90. The molecule has 0 saturated carbocycles. The standard InChI is InChI=1S/C15H16N2O6S/c1-22-14-7-4-10(8-15(14)23-2)16-12-6-5-11(24(3,20)21)9-13(12)17(18)19/h4-9,16H,1-3H3. The lowest BCUT2D eigenvalue weighted by molar-refractivity contribution is -0.384. The number of nitro benzene ring substituents is 1. The van der Waals surface area contributed by atoms with Gasteiger partial charge in [-0.2, -0.15) is 0 Å². The van der Waals surface area contributed by atoms with Gasteiger partial charge in [0, 0.05) is 24.1 Å². The fourth-order valence-corrected chi connectivity index (χ4v) is 2.71. The van der Waals surface area contributed by atoms with Crippen LogP contribution in [0, 0.1) is 10.1 Å². The lowest BCUT2D eigenvalue weighted by atomic mass is 10.2. The average Bonchev–Trinajstić information content (AvgIpc) is 2.53. The first-order valence-electron chi connectivity index (χ1n) is 6.74. The molecule has 0 bridgehead atoms. The van der Waals surface area contributed by atoms with E-state index in [4.69, 9.17) is 9.47 Å². The van der Waals surface area contributed by atoms with Crippen molar-refractivity contribution < 1.29 is 22.8 Å². The maximum atomic E-state index is 11.6. The summed E-state index contributed by atoms with van der Waals surface area (Å²) < 4.78 is 33.4. The van der Waals surface area contributed by atoms with Crippen LogP contribution in [0.25, 0.3) is 0 Å². The Bertz CT molecular complexity index is 880. The highest BCUT2D eigenvalue weighted by Gasteiger charge is 2.19. The lowest BCUT2D eigenvalue weighted by Crippen LogP contribution is -2.02. The van der Waals surface area contributed by atoms with Gasteiger partial charge in [-0.25, -0.2) is 8.42 Å². The molecule has 0 aliphatic heterocycles. The van der Waals surface area contributed by atoms with Crippen LogP contribution in [0.4, 0.5) is 17.1 Å². The van der Waals surface area contributed by atoms with Crippen LogP contribution in [0.2, 0.25) is 0 Å². The van der Waals surface area contributed by atoms with Crippen LogP contribution in [0.3, 0.4) is 0 Å². The van der Waals surface area contributed by atoms with E-state index in [1.54, 1.807) is 18.2 Å². The highest BCUT2D eigenvalue weighted by Crippen LogP contribution is 2.34. The summed E-state index contributed by atoms with van der Waals surface area (Å²) in [4.78, 5) is 10.5. The lowest BCUT2D eigenvalue weighted by Gasteiger charge is -2.12. The first-order valence-corrected chi connectivity index (χ1v) is 8.63. The molecule has 0 amide bonds. The minimum absolute atomic E-state index is 0.118. The smallest absolute Gasteiger partial charge is 0.293 e. The summed E-state index contributed by atoms with van der Waals surface area (Å²) in [6, 6.07) is 8.62. The minimum Gasteiger partial charge on any atom is -0.493 e. The molecule has 9 heteroatoms. The third kappa shape index (κ3) is 3.74. The van der Waals surface area contributed by atoms with Crippen molar-refractivity contribution in [2.45, 2.75) is 4.90 Å². The van der Waals surface area contributed by atoms with E-state index >= 15 is 0 Å². The molecule has 0 aliphatic carbocycles. The normalized spacial score (nSPS) is 11.0. The van der Waals surface area contributed by atoms with E-state index < -0.39 is 14.8 Å². The Kier molecular flexibility index (Phi) is 4.93. The Morgan fingerprint density at radius 1 is 1.04 bits per heavy atom. The predicted molar refractivity (Wildman–Crippen MR) is 89.0 cm³/mol. The van der Waals surface area contributed by atoms with E-state index in [1.165, 1.54) is 26.4 Å². The van der Waals surface area contributed by atoms with Crippen LogP contribution in [-0.2, 0) is 9.84 Å². The minimum atomic E-state index is -3.54. The molecule has 0 saturated heterocycles. The maximum Gasteiger partial charge on any atom is 0.293 e. The highest BCUT2D eigenvalue weighted by molar-refractivity contribution is 7.90. The Hall–Kier alpha value is -2.81. The molecule has 0 aromatic heterocycles. The molecule has 0 atom stereocenters. The maximum absolute atomic E-state index is 11.6. The number of benzene rings is 2. The number of methoxy groups -OCH3 is 2. The molecule has 0 radical (unpaired) electrons. The van der Waals surface area contributed by atoms with Crippen LogP contribution < -0.4 is 14.8 Å². The van der Waals surface area contributed by atoms with Gasteiger partial charge in [0.25, 0.3) is 5.69 Å². The molecule has 128 valence electrons. The largest absolute Gasteiger partial charge is 0.493 e. The zero-order chi connectivity index (χ0) is 17.9. The topological polar surface area (TPSA) is 108 Å². The molecule has 0 fully saturated rings. The molecular weight excluding hydrogens is 336 g/mol. The summed E-state index contributed by atoms with van der Waals surface area (Å²) in [7, 11) is -0.560. The number of nitrogens with one attached hydrogen (secondary N) is 1. The molecule has 2 aromatic rings. The van der Waals surface area contributed by atoms with E-state index in [-0.39, 0.29) is 16.3 Å². The quantitative estimate of drug-likeness (QED) is 0.629. The number of rotatable bonds is 6. The van der Waals surface area contributed by atoms with Crippen molar-refractivity contribution in [1.29, 1.82) is 0 Å². The molecule has 0 spiro atoms. The van der Waals surface area contributed by atoms with Crippen molar-refractivity contribution in [2.24, 2.45) is 0 Å². The van der Waals surface area contributed by atoms with Gasteiger partial charge >= 0.3 is 0 Å². The van der Waals surface area contributed by atoms with Crippen molar-refractivity contribution in [3.8, 4) is 11.5 Å². The van der Waals surface area contributed by atoms with Crippen molar-refractivity contribution in [2.75, 3.05) is 25.8 Å². The van der Waals surface area contributed by atoms with Crippen molar-refractivity contribution in [3.05, 3.63) is 46.5 Å². The fraction of sp³-hybridized carbons (Fsp3) is 0.200. The highest BCUT2D eigenvalue weighted by atomic mass is 32.2. The Labute approximate surface area is 139 Å². The van der Waals surface area contributed by atoms with Gasteiger partial charge < -0.3 is 14.8 Å². The van der Waals surface area contributed by atoms with Gasteiger partial charge in [0.1, 0.15) is 5.69 Å². The molecular formula is C15H16N2O6S. The van der Waals surface area contributed by atoms with Gasteiger partial charge in [-0.3, -0.25) is 10.1 Å². The Morgan fingerprint density at radius 2 is 1.71 bits per heavy atom. The van der Waals surface area contributed by atoms with Crippen LogP contribution in [0.1, 0.15) is 0 Å². The molecule has 1 N–H and O–H groups in total. The second kappa shape index (κ2) is 6.75. The van der Waals surface area contributed by atoms with Crippen molar-refractivity contribution in [3.63, 3.8) is 0 Å². The van der Waals surface area contributed by atoms with E-state index in [9.17, 15) is 18.5 Å². The molecule has 0 heterocycles. The number of nitro groups is 1. The SMILES string of the molecule is COc1ccc(Nc2ccc(S(C)(=O)=O)cc2[N+](=O)[O-])cc1OC. The Balaban J connectivity index is 2.44. The third-order valence-corrected chi connectivity index (χ3v) is 4.37. The fourth-order valence-electron chi connectivity index (χ4n) is 2.07. The summed E-state index contributed by atoms with van der Waals surface area (Å²) in [5, 5.41) is 14.1. The molecule has 8 nitrogen and oxygen atoms in total. The predicted octanol–water partition coefficient (Wildman–Crippen LogP) is 2.76. The summed E-state index contributed by atoms with van der Waals surface area (Å²) in [6.07, 6.45) is 0.994. The summed E-state index contributed by atoms with van der Waals surface area (Å²) in [5.74, 6) is 0.975. The van der Waals surface area contributed by atoms with Crippen molar-refractivity contribution in [1.82, 2.24) is 0 Å². The van der Waals surface area contributed by atoms with Crippen LogP contribution in [-0.4, -0.2) is 33.8 Å². The number of hydrogen-bond acceptors (Lipinski definition) is 7. The molecule has 24 heavy (non-hydrogen) atoms. The van der Waals surface area contributed by atoms with E-state index in [1.807, 2.05) is 0 Å². The first kappa shape index (κ1) is 17.5. The van der Waals surface area contributed by atoms with Crippen molar-refractivity contribution >= 4 is 26.9 Å². The van der Waals surface area contributed by atoms with Gasteiger partial charge in [0.2, 0.25) is 0 Å². The van der Waals surface area contributed by atoms with Gasteiger partial charge in [-0.05, 0) is 24.3 Å². The molecule has 0 unspecified atom stereocenters. The Morgan fingerprint density at radius 3 is 2.25 bits per heavy atom. The summed E-state index contributed by atoms with van der Waals surface area (Å²) in [6.45, 7) is 0. The van der Waals surface area contributed by atoms with Gasteiger partial charge in [-0.15, -0.1) is 0 Å². The number of hydrogen-bond donors (Lipinski definition) is 1. The number of sulfone groups is 1.